The molecular formula is C20H20BrN5O. The van der Waals surface area contributed by atoms with E-state index in [1.807, 2.05) is 50.2 Å². The van der Waals surface area contributed by atoms with Crippen LogP contribution in [-0.4, -0.2) is 22.4 Å². The second-order valence-electron chi connectivity index (χ2n) is 5.92. The van der Waals surface area contributed by atoms with E-state index < -0.39 is 0 Å². The minimum absolute atomic E-state index is 0.158. The Morgan fingerprint density at radius 1 is 1.11 bits per heavy atom. The number of carbonyl (C=O) groups is 1. The molecule has 1 heterocycles. The minimum atomic E-state index is -0.158. The first-order chi connectivity index (χ1) is 13.0. The Balaban J connectivity index is 1.67. The zero-order valence-electron chi connectivity index (χ0n) is 15.1. The number of hydrogen-bond donors (Lipinski definition) is 3. The van der Waals surface area contributed by atoms with Crippen molar-refractivity contribution in [2.24, 2.45) is 0 Å². The van der Waals surface area contributed by atoms with Crippen LogP contribution in [0.2, 0.25) is 0 Å². The molecule has 1 aromatic heterocycles. The summed E-state index contributed by atoms with van der Waals surface area (Å²) in [6.07, 6.45) is 1.78. The van der Waals surface area contributed by atoms with Gasteiger partial charge in [0.1, 0.15) is 5.82 Å². The molecule has 0 fully saturated rings. The van der Waals surface area contributed by atoms with Gasteiger partial charge in [0.25, 0.3) is 5.91 Å². The Bertz CT molecular complexity index is 943. The summed E-state index contributed by atoms with van der Waals surface area (Å²) in [6, 6.07) is 14.7. The molecule has 0 aliphatic rings. The molecule has 0 bridgehead atoms. The Morgan fingerprint density at radius 2 is 1.85 bits per heavy atom. The summed E-state index contributed by atoms with van der Waals surface area (Å²) >= 11 is 3.37. The lowest BCUT2D eigenvalue weighted by atomic mass is 10.2. The normalized spacial score (nSPS) is 10.3. The van der Waals surface area contributed by atoms with Crippen molar-refractivity contribution in [3.8, 4) is 0 Å². The number of rotatable bonds is 6. The maximum atomic E-state index is 12.3. The molecule has 2 aromatic carbocycles. The average molecular weight is 426 g/mol. The summed E-state index contributed by atoms with van der Waals surface area (Å²) in [5.74, 6) is 1.17. The molecule has 0 spiro atoms. The summed E-state index contributed by atoms with van der Waals surface area (Å²) in [5, 5.41) is 9.26. The predicted octanol–water partition coefficient (Wildman–Crippen LogP) is 4.98. The van der Waals surface area contributed by atoms with Gasteiger partial charge < -0.3 is 16.0 Å². The van der Waals surface area contributed by atoms with Gasteiger partial charge in [-0.25, -0.2) is 4.98 Å². The third-order valence-electron chi connectivity index (χ3n) is 3.80. The number of halogens is 1. The van der Waals surface area contributed by atoms with Gasteiger partial charge in [0, 0.05) is 39.7 Å². The van der Waals surface area contributed by atoms with E-state index in [0.717, 1.165) is 28.1 Å². The number of nitrogens with one attached hydrogen (secondary N) is 3. The van der Waals surface area contributed by atoms with Crippen LogP contribution in [0.25, 0.3) is 0 Å². The van der Waals surface area contributed by atoms with E-state index in [1.54, 1.807) is 18.3 Å². The van der Waals surface area contributed by atoms with Gasteiger partial charge in [-0.05, 0) is 56.3 Å². The minimum Gasteiger partial charge on any atom is -0.370 e. The first-order valence-corrected chi connectivity index (χ1v) is 9.36. The molecule has 3 N–H and O–H groups in total. The number of hydrogen-bond acceptors (Lipinski definition) is 5. The summed E-state index contributed by atoms with van der Waals surface area (Å²) in [4.78, 5) is 21.1. The lowest BCUT2D eigenvalue weighted by Crippen LogP contribution is -2.11. The molecule has 0 atom stereocenters. The summed E-state index contributed by atoms with van der Waals surface area (Å²) in [5.41, 5.74) is 3.13. The first kappa shape index (κ1) is 18.8. The van der Waals surface area contributed by atoms with Gasteiger partial charge in [-0.2, -0.15) is 4.98 Å². The van der Waals surface area contributed by atoms with E-state index in [1.165, 1.54) is 0 Å². The molecule has 0 saturated carbocycles. The lowest BCUT2D eigenvalue weighted by Gasteiger charge is -2.10. The molecule has 7 heteroatoms. The van der Waals surface area contributed by atoms with Crippen LogP contribution < -0.4 is 16.0 Å². The maximum Gasteiger partial charge on any atom is 0.255 e. The van der Waals surface area contributed by atoms with Gasteiger partial charge in [-0.15, -0.1) is 0 Å². The van der Waals surface area contributed by atoms with Crippen LogP contribution in [0.1, 0.15) is 22.8 Å². The largest absolute Gasteiger partial charge is 0.370 e. The van der Waals surface area contributed by atoms with E-state index in [4.69, 9.17) is 0 Å². The van der Waals surface area contributed by atoms with Gasteiger partial charge >= 0.3 is 0 Å². The van der Waals surface area contributed by atoms with Crippen LogP contribution in [0.15, 0.2) is 59.2 Å². The van der Waals surface area contributed by atoms with E-state index in [2.05, 4.69) is 41.8 Å². The highest BCUT2D eigenvalue weighted by molar-refractivity contribution is 9.10. The van der Waals surface area contributed by atoms with E-state index >= 15 is 0 Å². The van der Waals surface area contributed by atoms with Gasteiger partial charge in [0.15, 0.2) is 0 Å². The van der Waals surface area contributed by atoms with Crippen molar-refractivity contribution in [2.75, 3.05) is 22.5 Å². The van der Waals surface area contributed by atoms with Crippen LogP contribution in [0, 0.1) is 6.92 Å². The highest BCUT2D eigenvalue weighted by Crippen LogP contribution is 2.20. The van der Waals surface area contributed by atoms with Crippen molar-refractivity contribution in [3.05, 3.63) is 70.3 Å². The van der Waals surface area contributed by atoms with Gasteiger partial charge in [0.2, 0.25) is 5.95 Å². The predicted molar refractivity (Wildman–Crippen MR) is 113 cm³/mol. The fourth-order valence-corrected chi connectivity index (χ4v) is 2.85. The SMILES string of the molecule is CCNc1nc(Nc2ccc(NC(=O)c3cccc(Br)c3)cc2)ncc1C. The first-order valence-electron chi connectivity index (χ1n) is 8.56. The van der Waals surface area contributed by atoms with Crippen molar-refractivity contribution in [2.45, 2.75) is 13.8 Å². The molecule has 0 radical (unpaired) electrons. The third-order valence-corrected chi connectivity index (χ3v) is 4.29. The quantitative estimate of drug-likeness (QED) is 0.519. The zero-order valence-corrected chi connectivity index (χ0v) is 16.7. The highest BCUT2D eigenvalue weighted by Gasteiger charge is 2.07. The summed E-state index contributed by atoms with van der Waals surface area (Å²) in [6.45, 7) is 4.78. The zero-order chi connectivity index (χ0) is 19.2. The van der Waals surface area contributed by atoms with E-state index in [0.29, 0.717) is 17.2 Å². The Hall–Kier alpha value is -2.93. The van der Waals surface area contributed by atoms with Crippen molar-refractivity contribution in [3.63, 3.8) is 0 Å². The fraction of sp³-hybridized carbons (Fsp3) is 0.150. The number of aromatic nitrogens is 2. The van der Waals surface area contributed by atoms with Gasteiger partial charge in [-0.1, -0.05) is 22.0 Å². The Labute approximate surface area is 166 Å². The number of carbonyl (C=O) groups excluding carboxylic acids is 1. The molecule has 27 heavy (non-hydrogen) atoms. The molecule has 138 valence electrons. The number of anilines is 4. The van der Waals surface area contributed by atoms with Crippen molar-refractivity contribution in [1.82, 2.24) is 9.97 Å². The molecule has 3 aromatic rings. The van der Waals surface area contributed by atoms with Crippen LogP contribution >= 0.6 is 15.9 Å². The molecule has 0 unspecified atom stereocenters. The molecular weight excluding hydrogens is 406 g/mol. The molecule has 0 aliphatic heterocycles. The number of aryl methyl sites for hydroxylation is 1. The van der Waals surface area contributed by atoms with E-state index in [-0.39, 0.29) is 5.91 Å². The van der Waals surface area contributed by atoms with Crippen molar-refractivity contribution < 1.29 is 4.79 Å². The monoisotopic (exact) mass is 425 g/mol. The lowest BCUT2D eigenvalue weighted by molar-refractivity contribution is 0.102. The summed E-state index contributed by atoms with van der Waals surface area (Å²) < 4.78 is 0.865. The Kier molecular flexibility index (Phi) is 6.03. The number of benzene rings is 2. The highest BCUT2D eigenvalue weighted by atomic mass is 79.9. The molecule has 3 rings (SSSR count). The number of nitrogens with zero attached hydrogens (tertiary/aromatic N) is 2. The van der Waals surface area contributed by atoms with Crippen LogP contribution in [0.3, 0.4) is 0 Å². The molecule has 0 saturated heterocycles. The smallest absolute Gasteiger partial charge is 0.255 e. The van der Waals surface area contributed by atoms with Crippen LogP contribution in [-0.2, 0) is 0 Å². The van der Waals surface area contributed by atoms with Crippen molar-refractivity contribution in [1.29, 1.82) is 0 Å². The number of amides is 1. The Morgan fingerprint density at radius 3 is 2.56 bits per heavy atom. The molecule has 0 aliphatic carbocycles. The second-order valence-corrected chi connectivity index (χ2v) is 6.84. The standard InChI is InChI=1S/C20H20BrN5O/c1-3-22-18-13(2)12-23-20(26-18)25-17-9-7-16(8-10-17)24-19(27)14-5-4-6-15(21)11-14/h4-12H,3H2,1-2H3,(H,24,27)(H2,22,23,25,26). The average Bonchev–Trinajstić information content (AvgIpc) is 2.66. The van der Waals surface area contributed by atoms with Gasteiger partial charge in [0.05, 0.1) is 0 Å². The topological polar surface area (TPSA) is 78.9 Å². The van der Waals surface area contributed by atoms with Crippen LogP contribution in [0.5, 0.6) is 0 Å². The van der Waals surface area contributed by atoms with Crippen molar-refractivity contribution >= 4 is 45.0 Å². The summed E-state index contributed by atoms with van der Waals surface area (Å²) in [7, 11) is 0. The molecule has 6 nitrogen and oxygen atoms in total. The van der Waals surface area contributed by atoms with Crippen LogP contribution in [0.4, 0.5) is 23.1 Å². The fourth-order valence-electron chi connectivity index (χ4n) is 2.45. The molecule has 1 amide bonds. The third kappa shape index (κ3) is 5.04. The second kappa shape index (κ2) is 8.64. The van der Waals surface area contributed by atoms with E-state index in [9.17, 15) is 4.79 Å². The van der Waals surface area contributed by atoms with Gasteiger partial charge in [-0.3, -0.25) is 4.79 Å². The maximum absolute atomic E-state index is 12.3.